The predicted molar refractivity (Wildman–Crippen MR) is 114 cm³/mol. The van der Waals surface area contributed by atoms with Crippen molar-refractivity contribution in [3.05, 3.63) is 41.0 Å². The van der Waals surface area contributed by atoms with Crippen molar-refractivity contribution in [3.63, 3.8) is 0 Å². The Labute approximate surface area is 187 Å². The molecule has 178 valence electrons. The lowest BCUT2D eigenvalue weighted by Crippen LogP contribution is -2.21. The number of nitrogens with zero attached hydrogens (tertiary/aromatic N) is 3. The molecule has 0 aliphatic heterocycles. The summed E-state index contributed by atoms with van der Waals surface area (Å²) in [6.07, 6.45) is -2.60. The normalized spacial score (nSPS) is 13.4. The van der Waals surface area contributed by atoms with Crippen LogP contribution in [-0.4, -0.2) is 47.7 Å². The number of hydrogen-bond donors (Lipinski definition) is 2. The standard InChI is InChI=1S/C20H22F3N5O4S/c1-9(2)15(27-19-24-8-10(3)16(28-19)20(21,22)23)17-25-12-6-11(18(29)32-4)14(33(5,30)31)7-13(12)26-17/h6-9,15H,1-5H3,(H,25,26)(H,24,27,28)/t15-/m1/s1. The largest absolute Gasteiger partial charge is 0.465 e. The van der Waals surface area contributed by atoms with Gasteiger partial charge in [0.25, 0.3) is 0 Å². The monoisotopic (exact) mass is 485 g/mol. The lowest BCUT2D eigenvalue weighted by Gasteiger charge is -2.21. The van der Waals surface area contributed by atoms with Gasteiger partial charge in [0.05, 0.1) is 34.6 Å². The van der Waals surface area contributed by atoms with Gasteiger partial charge in [0.2, 0.25) is 5.95 Å². The number of alkyl halides is 3. The fourth-order valence-corrected chi connectivity index (χ4v) is 4.14. The Morgan fingerprint density at radius 2 is 1.88 bits per heavy atom. The van der Waals surface area contributed by atoms with Gasteiger partial charge in [-0.1, -0.05) is 13.8 Å². The second-order valence-corrected chi connectivity index (χ2v) is 9.82. The molecule has 0 unspecified atom stereocenters. The maximum Gasteiger partial charge on any atom is 0.433 e. The summed E-state index contributed by atoms with van der Waals surface area (Å²) in [5.74, 6) is -0.953. The van der Waals surface area contributed by atoms with Crippen LogP contribution in [0.15, 0.2) is 23.2 Å². The third-order valence-electron chi connectivity index (χ3n) is 4.89. The number of aryl methyl sites for hydroxylation is 1. The minimum atomic E-state index is -4.64. The molecule has 1 atom stereocenters. The average molecular weight is 485 g/mol. The topological polar surface area (TPSA) is 127 Å². The number of aromatic amines is 1. The lowest BCUT2D eigenvalue weighted by atomic mass is 10.0. The van der Waals surface area contributed by atoms with E-state index in [1.807, 2.05) is 13.8 Å². The van der Waals surface area contributed by atoms with Crippen LogP contribution < -0.4 is 5.32 Å². The number of fused-ring (bicyclic) bond motifs is 1. The predicted octanol–water partition coefficient (Wildman–Crippen LogP) is 3.68. The molecule has 13 heteroatoms. The molecule has 1 aromatic carbocycles. The molecule has 0 saturated carbocycles. The molecule has 0 spiro atoms. The first-order chi connectivity index (χ1) is 15.2. The molecule has 0 aliphatic rings. The molecule has 2 heterocycles. The van der Waals surface area contributed by atoms with Gasteiger partial charge in [-0.25, -0.2) is 28.2 Å². The van der Waals surface area contributed by atoms with Gasteiger partial charge in [0.15, 0.2) is 15.5 Å². The average Bonchev–Trinajstić information content (AvgIpc) is 3.12. The SMILES string of the molecule is COC(=O)c1cc2nc([C@H](Nc3ncc(C)c(C(F)(F)F)n3)C(C)C)[nH]c2cc1S(C)(=O)=O. The molecule has 0 radical (unpaired) electrons. The molecule has 3 aromatic rings. The number of ether oxygens (including phenoxy) is 1. The lowest BCUT2D eigenvalue weighted by molar-refractivity contribution is -0.141. The van der Waals surface area contributed by atoms with Gasteiger partial charge in [0, 0.05) is 12.5 Å². The zero-order valence-electron chi connectivity index (χ0n) is 18.4. The van der Waals surface area contributed by atoms with E-state index in [1.165, 1.54) is 19.1 Å². The van der Waals surface area contributed by atoms with Crippen LogP contribution in [0.5, 0.6) is 0 Å². The number of H-pyrrole nitrogens is 1. The van der Waals surface area contributed by atoms with Crippen LogP contribution in [0.4, 0.5) is 19.1 Å². The molecule has 33 heavy (non-hydrogen) atoms. The Morgan fingerprint density at radius 3 is 2.42 bits per heavy atom. The summed E-state index contributed by atoms with van der Waals surface area (Å²) in [5.41, 5.74) is -0.720. The first kappa shape index (κ1) is 24.4. The van der Waals surface area contributed by atoms with Crippen molar-refractivity contribution in [3.8, 4) is 0 Å². The van der Waals surface area contributed by atoms with E-state index in [1.54, 1.807) is 0 Å². The molecular weight excluding hydrogens is 463 g/mol. The van der Waals surface area contributed by atoms with E-state index in [4.69, 9.17) is 0 Å². The zero-order valence-corrected chi connectivity index (χ0v) is 19.2. The summed E-state index contributed by atoms with van der Waals surface area (Å²) in [4.78, 5) is 26.8. The summed E-state index contributed by atoms with van der Waals surface area (Å²) >= 11 is 0. The van der Waals surface area contributed by atoms with Gasteiger partial charge in [-0.2, -0.15) is 13.2 Å². The Balaban J connectivity index is 2.08. The van der Waals surface area contributed by atoms with Gasteiger partial charge in [-0.15, -0.1) is 0 Å². The number of rotatable bonds is 6. The number of anilines is 1. The fourth-order valence-electron chi connectivity index (χ4n) is 3.27. The highest BCUT2D eigenvalue weighted by Gasteiger charge is 2.35. The van der Waals surface area contributed by atoms with Crippen LogP contribution in [0.25, 0.3) is 11.0 Å². The number of imidazole rings is 1. The van der Waals surface area contributed by atoms with E-state index in [0.29, 0.717) is 11.3 Å². The number of nitrogens with one attached hydrogen (secondary N) is 2. The Bertz CT molecular complexity index is 1320. The first-order valence-corrected chi connectivity index (χ1v) is 11.6. The maximum absolute atomic E-state index is 13.2. The van der Waals surface area contributed by atoms with Crippen LogP contribution in [-0.2, 0) is 20.8 Å². The van der Waals surface area contributed by atoms with Crippen molar-refractivity contribution in [2.45, 2.75) is 37.9 Å². The van der Waals surface area contributed by atoms with Crippen molar-refractivity contribution in [2.75, 3.05) is 18.7 Å². The van der Waals surface area contributed by atoms with E-state index in [0.717, 1.165) is 19.6 Å². The van der Waals surface area contributed by atoms with Gasteiger partial charge in [0.1, 0.15) is 5.82 Å². The maximum atomic E-state index is 13.2. The molecule has 0 aliphatic carbocycles. The van der Waals surface area contributed by atoms with Gasteiger partial charge < -0.3 is 15.0 Å². The summed E-state index contributed by atoms with van der Waals surface area (Å²) in [7, 11) is -2.64. The number of carbonyl (C=O) groups excluding carboxylic acids is 1. The Kier molecular flexibility index (Phi) is 6.37. The Hall–Kier alpha value is -3.22. The van der Waals surface area contributed by atoms with Crippen molar-refractivity contribution in [1.82, 2.24) is 19.9 Å². The number of benzene rings is 1. The highest BCUT2D eigenvalue weighted by molar-refractivity contribution is 7.90. The minimum Gasteiger partial charge on any atom is -0.465 e. The van der Waals surface area contributed by atoms with Crippen molar-refractivity contribution in [1.29, 1.82) is 0 Å². The number of sulfone groups is 1. The minimum absolute atomic E-state index is 0.110. The highest BCUT2D eigenvalue weighted by Crippen LogP contribution is 2.32. The molecule has 2 aromatic heterocycles. The number of carbonyl (C=O) groups is 1. The molecule has 2 N–H and O–H groups in total. The van der Waals surface area contributed by atoms with Gasteiger partial charge in [-0.05, 0) is 30.5 Å². The smallest absolute Gasteiger partial charge is 0.433 e. The number of aromatic nitrogens is 4. The summed E-state index contributed by atoms with van der Waals surface area (Å²) in [5, 5.41) is 2.86. The third kappa shape index (κ3) is 5.07. The van der Waals surface area contributed by atoms with E-state index in [2.05, 4.69) is 30.0 Å². The highest BCUT2D eigenvalue weighted by atomic mass is 32.2. The molecule has 0 bridgehead atoms. The number of methoxy groups -OCH3 is 1. The van der Waals surface area contributed by atoms with Crippen LogP contribution in [0.3, 0.4) is 0 Å². The number of esters is 1. The van der Waals surface area contributed by atoms with E-state index in [-0.39, 0.29) is 33.4 Å². The van der Waals surface area contributed by atoms with E-state index < -0.39 is 33.7 Å². The quantitative estimate of drug-likeness (QED) is 0.506. The molecule has 9 nitrogen and oxygen atoms in total. The van der Waals surface area contributed by atoms with Crippen LogP contribution in [0, 0.1) is 12.8 Å². The van der Waals surface area contributed by atoms with Crippen molar-refractivity contribution >= 4 is 32.8 Å². The second kappa shape index (κ2) is 8.61. The zero-order chi connectivity index (χ0) is 24.7. The molecular formula is C20H22F3N5O4S. The van der Waals surface area contributed by atoms with Gasteiger partial charge in [-0.3, -0.25) is 0 Å². The fraction of sp³-hybridized carbons (Fsp3) is 0.400. The van der Waals surface area contributed by atoms with Crippen molar-refractivity contribution < 1.29 is 31.1 Å². The molecule has 0 fully saturated rings. The van der Waals surface area contributed by atoms with Crippen molar-refractivity contribution in [2.24, 2.45) is 5.92 Å². The Morgan fingerprint density at radius 1 is 1.21 bits per heavy atom. The number of hydrogen-bond acceptors (Lipinski definition) is 8. The molecule has 0 saturated heterocycles. The second-order valence-electron chi connectivity index (χ2n) is 7.84. The molecule has 0 amide bonds. The van der Waals surface area contributed by atoms with Crippen LogP contribution in [0.2, 0.25) is 0 Å². The van der Waals surface area contributed by atoms with E-state index in [9.17, 15) is 26.4 Å². The summed E-state index contributed by atoms with van der Waals surface area (Å²) in [6, 6.07) is 1.91. The molecule has 3 rings (SSSR count). The first-order valence-electron chi connectivity index (χ1n) is 9.71. The third-order valence-corrected chi connectivity index (χ3v) is 6.03. The summed E-state index contributed by atoms with van der Waals surface area (Å²) in [6.45, 7) is 4.89. The summed E-state index contributed by atoms with van der Waals surface area (Å²) < 4.78 is 68.7. The number of halogens is 3. The van der Waals surface area contributed by atoms with Gasteiger partial charge >= 0.3 is 12.1 Å². The van der Waals surface area contributed by atoms with Crippen LogP contribution >= 0.6 is 0 Å². The van der Waals surface area contributed by atoms with Crippen LogP contribution in [0.1, 0.15) is 47.3 Å². The van der Waals surface area contributed by atoms with E-state index >= 15 is 0 Å².